The molecule has 1 saturated heterocycles. The Balaban J connectivity index is 2.01. The average molecular weight is 529 g/mol. The van der Waals surface area contributed by atoms with Crippen LogP contribution in [0.1, 0.15) is 46.9 Å². The van der Waals surface area contributed by atoms with Crippen LogP contribution in [0.15, 0.2) is 35.3 Å². The Morgan fingerprint density at radius 3 is 2.38 bits per heavy atom. The van der Waals surface area contributed by atoms with Gasteiger partial charge in [0.1, 0.15) is 0 Å². The quantitative estimate of drug-likeness (QED) is 0.460. The van der Waals surface area contributed by atoms with E-state index in [4.69, 9.17) is 0 Å². The van der Waals surface area contributed by atoms with E-state index in [1.807, 2.05) is 5.32 Å². The van der Waals surface area contributed by atoms with E-state index in [1.54, 1.807) is 4.90 Å². The van der Waals surface area contributed by atoms with Gasteiger partial charge in [-0.15, -0.1) is 0 Å². The van der Waals surface area contributed by atoms with Crippen molar-refractivity contribution in [2.24, 2.45) is 7.05 Å². The van der Waals surface area contributed by atoms with Crippen LogP contribution in [0, 0.1) is 0 Å². The molecule has 1 aliphatic heterocycles. The number of aromatic carboxylic acids is 1. The molecule has 1 aliphatic rings. The van der Waals surface area contributed by atoms with Crippen LogP contribution >= 0.6 is 0 Å². The fourth-order valence-electron chi connectivity index (χ4n) is 4.34. The Morgan fingerprint density at radius 1 is 1.11 bits per heavy atom. The lowest BCUT2D eigenvalue weighted by molar-refractivity contribution is -0.145. The molecular weight excluding hydrogens is 508 g/mol. The molecule has 1 atom stereocenters. The zero-order valence-corrected chi connectivity index (χ0v) is 19.3. The van der Waals surface area contributed by atoms with Crippen molar-refractivity contribution in [1.82, 2.24) is 14.5 Å². The summed E-state index contributed by atoms with van der Waals surface area (Å²) in [5.41, 5.74) is -5.26. The second-order valence-electron chi connectivity index (χ2n) is 8.61. The first-order valence-electron chi connectivity index (χ1n) is 11.2. The summed E-state index contributed by atoms with van der Waals surface area (Å²) in [5, 5.41) is 10.7. The molecule has 1 fully saturated rings. The number of carboxylic acid groups (broad SMARTS) is 1. The summed E-state index contributed by atoms with van der Waals surface area (Å²) >= 11 is 0. The molecule has 0 aliphatic carbocycles. The standard InChI is InChI=1S/C23H21F6N5O3/c1-33-19(35)14-11-12(22(24,25)26)10-13(16(14)32-21(33)34-8-3-2-4-9-34)18(23(27,28)29)31-15-6-5-7-30-17(15)20(36)37/h5-7,10-11,18,31H,2-4,8-9H2,1H3,(H,36,37)/t18-/m0/s1. The lowest BCUT2D eigenvalue weighted by Crippen LogP contribution is -2.36. The lowest BCUT2D eigenvalue weighted by Gasteiger charge is -2.30. The summed E-state index contributed by atoms with van der Waals surface area (Å²) in [6.45, 7) is 0.945. The normalized spacial score (nSPS) is 15.6. The minimum Gasteiger partial charge on any atom is -0.476 e. The highest BCUT2D eigenvalue weighted by atomic mass is 19.4. The maximum Gasteiger partial charge on any atom is 0.416 e. The van der Waals surface area contributed by atoms with Gasteiger partial charge in [-0.3, -0.25) is 9.36 Å². The van der Waals surface area contributed by atoms with Gasteiger partial charge in [0.2, 0.25) is 5.95 Å². The van der Waals surface area contributed by atoms with Gasteiger partial charge in [0.25, 0.3) is 5.56 Å². The Labute approximate surface area is 205 Å². The molecule has 4 rings (SSSR count). The van der Waals surface area contributed by atoms with Gasteiger partial charge in [-0.1, -0.05) is 0 Å². The molecule has 14 heteroatoms. The number of benzene rings is 1. The number of piperidine rings is 1. The number of alkyl halides is 6. The molecule has 2 N–H and O–H groups in total. The molecule has 8 nitrogen and oxygen atoms in total. The second kappa shape index (κ2) is 9.56. The van der Waals surface area contributed by atoms with E-state index in [-0.39, 0.29) is 12.0 Å². The van der Waals surface area contributed by atoms with Gasteiger partial charge in [-0.2, -0.15) is 26.3 Å². The van der Waals surface area contributed by atoms with Crippen molar-refractivity contribution in [2.45, 2.75) is 37.7 Å². The van der Waals surface area contributed by atoms with Crippen LogP contribution in [-0.4, -0.2) is 44.9 Å². The van der Waals surface area contributed by atoms with Crippen molar-refractivity contribution in [2.75, 3.05) is 23.3 Å². The minimum absolute atomic E-state index is 0.0340. The monoisotopic (exact) mass is 529 g/mol. The van der Waals surface area contributed by atoms with Crippen molar-refractivity contribution in [3.8, 4) is 0 Å². The Bertz CT molecular complexity index is 1400. The zero-order chi connectivity index (χ0) is 27.1. The molecular formula is C23H21F6N5O3. The number of pyridine rings is 1. The predicted octanol–water partition coefficient (Wildman–Crippen LogP) is 4.75. The zero-order valence-electron chi connectivity index (χ0n) is 19.3. The smallest absolute Gasteiger partial charge is 0.416 e. The largest absolute Gasteiger partial charge is 0.476 e. The Morgan fingerprint density at radius 2 is 1.78 bits per heavy atom. The van der Waals surface area contributed by atoms with Crippen LogP contribution in [0.5, 0.6) is 0 Å². The summed E-state index contributed by atoms with van der Waals surface area (Å²) in [5.74, 6) is -1.61. The number of nitrogens with zero attached hydrogens (tertiary/aromatic N) is 4. The molecule has 0 saturated carbocycles. The van der Waals surface area contributed by atoms with Crippen LogP contribution in [0.2, 0.25) is 0 Å². The van der Waals surface area contributed by atoms with Gasteiger partial charge in [0.15, 0.2) is 11.7 Å². The van der Waals surface area contributed by atoms with Crippen molar-refractivity contribution < 1.29 is 36.2 Å². The van der Waals surface area contributed by atoms with Crippen LogP contribution in [0.4, 0.5) is 38.0 Å². The molecule has 198 valence electrons. The SMILES string of the molecule is Cn1c(N2CCCCC2)nc2c([C@H](Nc3cccnc3C(=O)O)C(F)(F)F)cc(C(F)(F)F)cc2c1=O. The molecule has 0 spiro atoms. The second-order valence-corrected chi connectivity index (χ2v) is 8.61. The minimum atomic E-state index is -5.21. The van der Waals surface area contributed by atoms with E-state index < -0.39 is 63.3 Å². The number of aromatic nitrogens is 3. The maximum absolute atomic E-state index is 14.4. The van der Waals surface area contributed by atoms with E-state index in [0.717, 1.165) is 36.1 Å². The third-order valence-electron chi connectivity index (χ3n) is 6.10. The number of nitrogens with one attached hydrogen (secondary N) is 1. The van der Waals surface area contributed by atoms with Crippen molar-refractivity contribution in [1.29, 1.82) is 0 Å². The lowest BCUT2D eigenvalue weighted by atomic mass is 9.98. The summed E-state index contributed by atoms with van der Waals surface area (Å²) in [7, 11) is 1.30. The van der Waals surface area contributed by atoms with Crippen LogP contribution in [0.3, 0.4) is 0 Å². The van der Waals surface area contributed by atoms with Crippen LogP contribution < -0.4 is 15.8 Å². The Hall–Kier alpha value is -3.84. The average Bonchev–Trinajstić information content (AvgIpc) is 2.83. The molecule has 3 heterocycles. The number of rotatable bonds is 5. The molecule has 2 aromatic heterocycles. The fraction of sp³-hybridized carbons (Fsp3) is 0.391. The van der Waals surface area contributed by atoms with E-state index in [0.29, 0.717) is 19.2 Å². The van der Waals surface area contributed by atoms with Gasteiger partial charge in [0.05, 0.1) is 22.2 Å². The summed E-state index contributed by atoms with van der Waals surface area (Å²) in [4.78, 5) is 34.1. The molecule has 0 bridgehead atoms. The molecule has 1 aromatic carbocycles. The number of carboxylic acids is 1. The van der Waals surface area contributed by atoms with Crippen molar-refractivity contribution in [3.63, 3.8) is 0 Å². The maximum atomic E-state index is 14.4. The fourth-order valence-corrected chi connectivity index (χ4v) is 4.34. The van der Waals surface area contributed by atoms with E-state index in [1.165, 1.54) is 13.1 Å². The van der Waals surface area contributed by atoms with Crippen LogP contribution in [0.25, 0.3) is 10.9 Å². The molecule has 0 amide bonds. The number of fused-ring (bicyclic) bond motifs is 1. The van der Waals surface area contributed by atoms with Gasteiger partial charge >= 0.3 is 18.3 Å². The summed E-state index contributed by atoms with van der Waals surface area (Å²) < 4.78 is 85.4. The first-order chi connectivity index (χ1) is 17.3. The van der Waals surface area contributed by atoms with Gasteiger partial charge in [-0.25, -0.2) is 14.8 Å². The number of hydrogen-bond donors (Lipinski definition) is 2. The molecule has 0 radical (unpaired) electrons. The summed E-state index contributed by atoms with van der Waals surface area (Å²) in [6.07, 6.45) is -6.83. The van der Waals surface area contributed by atoms with E-state index in [9.17, 15) is 41.0 Å². The van der Waals surface area contributed by atoms with Crippen molar-refractivity contribution in [3.05, 3.63) is 57.6 Å². The topological polar surface area (TPSA) is 100 Å². The van der Waals surface area contributed by atoms with Crippen molar-refractivity contribution >= 4 is 28.5 Å². The van der Waals surface area contributed by atoms with Gasteiger partial charge in [0, 0.05) is 31.9 Å². The summed E-state index contributed by atoms with van der Waals surface area (Å²) in [6, 6.07) is 0.116. The predicted molar refractivity (Wildman–Crippen MR) is 122 cm³/mol. The number of carbonyl (C=O) groups is 1. The highest BCUT2D eigenvalue weighted by Gasteiger charge is 2.44. The molecule has 0 unspecified atom stereocenters. The molecule has 37 heavy (non-hydrogen) atoms. The van der Waals surface area contributed by atoms with Gasteiger partial charge < -0.3 is 15.3 Å². The van der Waals surface area contributed by atoms with Crippen LogP contribution in [-0.2, 0) is 13.2 Å². The number of hydrogen-bond acceptors (Lipinski definition) is 6. The highest BCUT2D eigenvalue weighted by Crippen LogP contribution is 2.41. The van der Waals surface area contributed by atoms with Gasteiger partial charge in [-0.05, 0) is 43.5 Å². The first kappa shape index (κ1) is 26.2. The molecule has 3 aromatic rings. The third kappa shape index (κ3) is 5.18. The van der Waals surface area contributed by atoms with E-state index in [2.05, 4.69) is 9.97 Å². The number of halogens is 6. The first-order valence-corrected chi connectivity index (χ1v) is 11.2. The number of anilines is 2. The Kier molecular flexibility index (Phi) is 6.78. The van der Waals surface area contributed by atoms with E-state index >= 15 is 0 Å². The third-order valence-corrected chi connectivity index (χ3v) is 6.10. The highest BCUT2D eigenvalue weighted by molar-refractivity contribution is 5.92.